The van der Waals surface area contributed by atoms with E-state index in [1.165, 1.54) is 20.4 Å². The monoisotopic (exact) mass is 552 g/mol. The second kappa shape index (κ2) is 15.2. The molecule has 12 heteroatoms. The number of esters is 2. The lowest BCUT2D eigenvalue weighted by Crippen LogP contribution is -2.40. The number of carbonyl (C=O) groups is 3. The van der Waals surface area contributed by atoms with Crippen molar-refractivity contribution >= 4 is 30.4 Å². The van der Waals surface area contributed by atoms with Crippen LogP contribution >= 0.6 is 12.4 Å². The first-order valence-corrected chi connectivity index (χ1v) is 11.9. The predicted molar refractivity (Wildman–Crippen MR) is 142 cm³/mol. The number of nitrogens with zero attached hydrogens (tertiary/aromatic N) is 3. The Morgan fingerprint density at radius 2 is 1.45 bits per heavy atom. The summed E-state index contributed by atoms with van der Waals surface area (Å²) in [7, 11) is 3.72. The highest BCUT2D eigenvalue weighted by molar-refractivity contribution is 5.89. The molecule has 0 radical (unpaired) electrons. The number of hydrogen-bond donors (Lipinski definition) is 2. The number of ether oxygens (including phenoxy) is 3. The standard InChI is InChI=1S/C15H20N2O4.C10H12N2O2.CH4O.ClH/c1-15(2,3)21-14(19)17-6-5-10-7-11(13(18)20-4)8-16-12(10)9-17;1-14-10(13)8-4-7-2-3-11-6-9(7)12-5-8;1-2;/h7-8H,5-6,9H2,1-4H3;4-5,11H,2-3,6H2,1H3;2H,1H3;1H. The van der Waals surface area contributed by atoms with Crippen LogP contribution in [0.4, 0.5) is 4.79 Å². The molecule has 38 heavy (non-hydrogen) atoms. The molecule has 0 unspecified atom stereocenters. The van der Waals surface area contributed by atoms with E-state index in [2.05, 4.69) is 24.8 Å². The largest absolute Gasteiger partial charge is 0.465 e. The topological polar surface area (TPSA) is 140 Å². The van der Waals surface area contributed by atoms with E-state index in [4.69, 9.17) is 9.84 Å². The summed E-state index contributed by atoms with van der Waals surface area (Å²) in [6.45, 7) is 8.19. The van der Waals surface area contributed by atoms with E-state index in [1.54, 1.807) is 17.2 Å². The molecule has 2 aliphatic heterocycles. The van der Waals surface area contributed by atoms with E-state index >= 15 is 0 Å². The van der Waals surface area contributed by atoms with E-state index < -0.39 is 11.6 Å². The number of nitrogens with one attached hydrogen (secondary N) is 1. The number of amides is 1. The fourth-order valence-corrected chi connectivity index (χ4v) is 3.70. The van der Waals surface area contributed by atoms with Crippen LogP contribution < -0.4 is 5.32 Å². The lowest BCUT2D eigenvalue weighted by atomic mass is 10.0. The summed E-state index contributed by atoms with van der Waals surface area (Å²) in [5.41, 5.74) is 4.39. The summed E-state index contributed by atoms with van der Waals surface area (Å²) in [6.07, 6.45) is 4.27. The number of pyridine rings is 2. The molecule has 2 aliphatic rings. The van der Waals surface area contributed by atoms with Crippen molar-refractivity contribution in [1.29, 1.82) is 0 Å². The molecule has 0 saturated carbocycles. The third kappa shape index (κ3) is 9.23. The van der Waals surface area contributed by atoms with Gasteiger partial charge in [-0.25, -0.2) is 14.4 Å². The smallest absolute Gasteiger partial charge is 0.410 e. The molecule has 210 valence electrons. The summed E-state index contributed by atoms with van der Waals surface area (Å²) in [6, 6.07) is 3.65. The third-order valence-electron chi connectivity index (χ3n) is 5.47. The van der Waals surface area contributed by atoms with Gasteiger partial charge in [-0.1, -0.05) is 0 Å². The van der Waals surface area contributed by atoms with Crippen LogP contribution in [0.2, 0.25) is 0 Å². The second-order valence-electron chi connectivity index (χ2n) is 9.22. The Morgan fingerprint density at radius 3 is 1.97 bits per heavy atom. The lowest BCUT2D eigenvalue weighted by molar-refractivity contribution is 0.0220. The second-order valence-corrected chi connectivity index (χ2v) is 9.22. The number of aliphatic hydroxyl groups is 1. The van der Waals surface area contributed by atoms with Crippen molar-refractivity contribution in [2.45, 2.75) is 52.3 Å². The number of methoxy groups -OCH3 is 2. The minimum absolute atomic E-state index is 0. The highest BCUT2D eigenvalue weighted by Gasteiger charge is 2.27. The molecule has 11 nitrogen and oxygen atoms in total. The molecule has 2 aromatic rings. The van der Waals surface area contributed by atoms with E-state index in [0.29, 0.717) is 30.6 Å². The number of rotatable bonds is 2. The lowest BCUT2D eigenvalue weighted by Gasteiger charge is -2.30. The van der Waals surface area contributed by atoms with Gasteiger partial charge in [-0.05, 0) is 63.4 Å². The maximum atomic E-state index is 12.0. The summed E-state index contributed by atoms with van der Waals surface area (Å²) in [5.74, 6) is -0.723. The van der Waals surface area contributed by atoms with Gasteiger partial charge in [0, 0.05) is 32.6 Å². The molecule has 0 spiro atoms. The van der Waals surface area contributed by atoms with Crippen LogP contribution in [0, 0.1) is 0 Å². The number of aliphatic hydroxyl groups excluding tert-OH is 1. The average molecular weight is 553 g/mol. The Hall–Kier alpha value is -3.28. The van der Waals surface area contributed by atoms with E-state index in [1.807, 2.05) is 26.8 Å². The Morgan fingerprint density at radius 1 is 0.921 bits per heavy atom. The van der Waals surface area contributed by atoms with Crippen molar-refractivity contribution in [1.82, 2.24) is 20.2 Å². The van der Waals surface area contributed by atoms with Crippen LogP contribution in [0.5, 0.6) is 0 Å². The van der Waals surface area contributed by atoms with Crippen molar-refractivity contribution in [2.75, 3.05) is 34.4 Å². The van der Waals surface area contributed by atoms with Crippen LogP contribution in [0.3, 0.4) is 0 Å². The van der Waals surface area contributed by atoms with Gasteiger partial charge in [-0.2, -0.15) is 0 Å². The van der Waals surface area contributed by atoms with E-state index in [0.717, 1.165) is 49.1 Å². The summed E-state index contributed by atoms with van der Waals surface area (Å²) in [4.78, 5) is 44.9. The van der Waals surface area contributed by atoms with Crippen molar-refractivity contribution < 1.29 is 33.7 Å². The molecule has 0 bridgehead atoms. The molecule has 0 aliphatic carbocycles. The first-order chi connectivity index (χ1) is 17.6. The van der Waals surface area contributed by atoms with Crippen LogP contribution in [0.15, 0.2) is 24.5 Å². The van der Waals surface area contributed by atoms with Gasteiger partial charge in [0.05, 0.1) is 43.3 Å². The highest BCUT2D eigenvalue weighted by Crippen LogP contribution is 2.21. The van der Waals surface area contributed by atoms with Crippen molar-refractivity contribution in [3.05, 3.63) is 58.2 Å². The maximum Gasteiger partial charge on any atom is 0.410 e. The Bertz CT molecular complexity index is 1110. The Labute approximate surface area is 229 Å². The van der Waals surface area contributed by atoms with E-state index in [9.17, 15) is 14.4 Å². The van der Waals surface area contributed by atoms with Crippen LogP contribution in [-0.2, 0) is 40.1 Å². The molecule has 0 aromatic carbocycles. The number of halogens is 1. The number of fused-ring (bicyclic) bond motifs is 2. The van der Waals surface area contributed by atoms with Gasteiger partial charge in [0.25, 0.3) is 0 Å². The minimum atomic E-state index is -0.514. The Balaban J connectivity index is 0.000000370. The molecule has 0 fully saturated rings. The van der Waals surface area contributed by atoms with Crippen molar-refractivity contribution in [3.8, 4) is 0 Å². The summed E-state index contributed by atoms with van der Waals surface area (Å²) >= 11 is 0. The highest BCUT2D eigenvalue weighted by atomic mass is 35.5. The molecular weight excluding hydrogens is 516 g/mol. The van der Waals surface area contributed by atoms with Crippen LogP contribution in [0.25, 0.3) is 0 Å². The molecule has 0 saturated heterocycles. The van der Waals surface area contributed by atoms with Gasteiger partial charge >= 0.3 is 18.0 Å². The molecule has 4 rings (SSSR count). The fourth-order valence-electron chi connectivity index (χ4n) is 3.70. The quantitative estimate of drug-likeness (QED) is 0.422. The van der Waals surface area contributed by atoms with Gasteiger partial charge < -0.3 is 29.5 Å². The Kier molecular flexibility index (Phi) is 13.1. The van der Waals surface area contributed by atoms with Gasteiger partial charge in [0.15, 0.2) is 0 Å². The SMILES string of the molecule is CO.COC(=O)c1cnc2c(c1)CCN(C(=O)OC(C)(C)C)C2.COC(=O)c1cnc2c(c1)CCNC2.Cl. The molecule has 2 aromatic heterocycles. The van der Waals surface area contributed by atoms with Gasteiger partial charge in [-0.15, -0.1) is 12.4 Å². The zero-order valence-electron chi connectivity index (χ0n) is 22.7. The van der Waals surface area contributed by atoms with Crippen molar-refractivity contribution in [3.63, 3.8) is 0 Å². The summed E-state index contributed by atoms with van der Waals surface area (Å²) in [5, 5.41) is 10.2. The number of carbonyl (C=O) groups excluding carboxylic acids is 3. The van der Waals surface area contributed by atoms with Gasteiger partial charge in [0.1, 0.15) is 5.60 Å². The van der Waals surface area contributed by atoms with Crippen LogP contribution in [-0.4, -0.2) is 78.0 Å². The first kappa shape index (κ1) is 32.7. The van der Waals surface area contributed by atoms with Crippen molar-refractivity contribution in [2.24, 2.45) is 0 Å². The van der Waals surface area contributed by atoms with Gasteiger partial charge in [-0.3, -0.25) is 9.97 Å². The zero-order valence-corrected chi connectivity index (χ0v) is 23.5. The molecule has 2 N–H and O–H groups in total. The molecule has 0 atom stereocenters. The first-order valence-electron chi connectivity index (χ1n) is 11.9. The number of aromatic nitrogens is 2. The predicted octanol–water partition coefficient (Wildman–Crippen LogP) is 2.71. The van der Waals surface area contributed by atoms with Gasteiger partial charge in [0.2, 0.25) is 0 Å². The molecular formula is C26H37ClN4O7. The summed E-state index contributed by atoms with van der Waals surface area (Å²) < 4.78 is 14.7. The number of hydrogen-bond acceptors (Lipinski definition) is 10. The normalized spacial score (nSPS) is 13.5. The maximum absolute atomic E-state index is 12.0. The van der Waals surface area contributed by atoms with Crippen LogP contribution in [0.1, 0.15) is 64.0 Å². The fraction of sp³-hybridized carbons (Fsp3) is 0.500. The molecule has 1 amide bonds. The van der Waals surface area contributed by atoms with E-state index in [-0.39, 0.29) is 24.5 Å². The average Bonchev–Trinajstić information content (AvgIpc) is 2.91. The minimum Gasteiger partial charge on any atom is -0.465 e. The third-order valence-corrected chi connectivity index (χ3v) is 5.47. The zero-order chi connectivity index (χ0) is 27.6. The molecule has 4 heterocycles.